The number of aromatic nitrogens is 2. The Kier molecular flexibility index (Phi) is 3.42. The van der Waals surface area contributed by atoms with Crippen molar-refractivity contribution in [2.75, 3.05) is 0 Å². The number of nitrogens with one attached hydrogen (secondary N) is 1. The molecule has 3 heteroatoms. The topological polar surface area (TPSA) is 29.9 Å². The first-order valence-electron chi connectivity index (χ1n) is 7.45. The molecule has 3 nitrogen and oxygen atoms in total. The molecule has 2 aliphatic carbocycles. The van der Waals surface area contributed by atoms with Gasteiger partial charge in [0.1, 0.15) is 5.82 Å². The summed E-state index contributed by atoms with van der Waals surface area (Å²) in [6.45, 7) is 6.45. The largest absolute Gasteiger partial charge is 0.334 e. The summed E-state index contributed by atoms with van der Waals surface area (Å²) in [5, 5.41) is 3.46. The third-order valence-corrected chi connectivity index (χ3v) is 4.79. The van der Waals surface area contributed by atoms with Crippen LogP contribution in [0.2, 0.25) is 0 Å². The summed E-state index contributed by atoms with van der Waals surface area (Å²) in [6.07, 6.45) is 10.0. The summed E-state index contributed by atoms with van der Waals surface area (Å²) in [5.74, 6) is 4.16. The van der Waals surface area contributed by atoms with Gasteiger partial charge in [-0.05, 0) is 37.0 Å². The third kappa shape index (κ3) is 2.46. The van der Waals surface area contributed by atoms with E-state index in [1.807, 2.05) is 6.20 Å². The van der Waals surface area contributed by atoms with Crippen LogP contribution in [-0.2, 0) is 13.1 Å². The average Bonchev–Trinajstić information content (AvgIpc) is 3.02. The molecule has 0 spiro atoms. The molecule has 100 valence electrons. The van der Waals surface area contributed by atoms with Crippen molar-refractivity contribution in [3.8, 4) is 0 Å². The van der Waals surface area contributed by atoms with Crippen molar-refractivity contribution in [2.24, 2.45) is 17.8 Å². The van der Waals surface area contributed by atoms with E-state index in [1.165, 1.54) is 38.1 Å². The Hall–Kier alpha value is -0.830. The minimum absolute atomic E-state index is 0.526. The van der Waals surface area contributed by atoms with Gasteiger partial charge in [0.2, 0.25) is 0 Å². The van der Waals surface area contributed by atoms with E-state index >= 15 is 0 Å². The average molecular weight is 247 g/mol. The molecule has 2 aliphatic rings. The molecule has 1 heterocycles. The number of imidazole rings is 1. The van der Waals surface area contributed by atoms with E-state index in [4.69, 9.17) is 0 Å². The van der Waals surface area contributed by atoms with Crippen LogP contribution in [0.25, 0.3) is 0 Å². The fourth-order valence-electron chi connectivity index (χ4n) is 3.82. The predicted octanol–water partition coefficient (Wildman–Crippen LogP) is 2.82. The standard InChI is InChI=1S/C15H25N3/c1-11(2)17-9-15-16-5-6-18(15)10-14-8-12-3-4-13(14)7-12/h5-6,11-14,17H,3-4,7-10H2,1-2H3. The van der Waals surface area contributed by atoms with Gasteiger partial charge in [-0.3, -0.25) is 0 Å². The van der Waals surface area contributed by atoms with Gasteiger partial charge in [-0.1, -0.05) is 20.3 Å². The third-order valence-electron chi connectivity index (χ3n) is 4.79. The van der Waals surface area contributed by atoms with E-state index in [0.29, 0.717) is 6.04 Å². The molecular weight excluding hydrogens is 222 g/mol. The SMILES string of the molecule is CC(C)NCc1nccn1CC1CC2CCC1C2. The molecule has 3 unspecified atom stereocenters. The summed E-state index contributed by atoms with van der Waals surface area (Å²) in [5.41, 5.74) is 0. The first-order valence-corrected chi connectivity index (χ1v) is 7.45. The van der Waals surface area contributed by atoms with Crippen LogP contribution >= 0.6 is 0 Å². The number of hydrogen-bond donors (Lipinski definition) is 1. The van der Waals surface area contributed by atoms with Crippen molar-refractivity contribution in [1.29, 1.82) is 0 Å². The Morgan fingerprint density at radius 2 is 2.28 bits per heavy atom. The van der Waals surface area contributed by atoms with Crippen LogP contribution in [0.4, 0.5) is 0 Å². The van der Waals surface area contributed by atoms with Gasteiger partial charge >= 0.3 is 0 Å². The lowest BCUT2D eigenvalue weighted by Gasteiger charge is -2.23. The van der Waals surface area contributed by atoms with Gasteiger partial charge in [0.25, 0.3) is 0 Å². The smallest absolute Gasteiger partial charge is 0.122 e. The van der Waals surface area contributed by atoms with Crippen LogP contribution < -0.4 is 5.32 Å². The number of hydrogen-bond acceptors (Lipinski definition) is 2. The Balaban J connectivity index is 1.61. The number of fused-ring (bicyclic) bond motifs is 2. The van der Waals surface area contributed by atoms with Crippen molar-refractivity contribution in [1.82, 2.24) is 14.9 Å². The van der Waals surface area contributed by atoms with Crippen LogP contribution in [0, 0.1) is 17.8 Å². The molecule has 1 aromatic rings. The second-order valence-electron chi connectivity index (χ2n) is 6.47. The number of nitrogens with zero attached hydrogens (tertiary/aromatic N) is 2. The highest BCUT2D eigenvalue weighted by atomic mass is 15.1. The van der Waals surface area contributed by atoms with Gasteiger partial charge in [0.15, 0.2) is 0 Å². The summed E-state index contributed by atoms with van der Waals surface area (Å²) in [4.78, 5) is 4.49. The normalized spacial score (nSPS) is 30.5. The van der Waals surface area contributed by atoms with Gasteiger partial charge in [-0.15, -0.1) is 0 Å². The Labute approximate surface area is 110 Å². The van der Waals surface area contributed by atoms with Crippen LogP contribution in [0.5, 0.6) is 0 Å². The lowest BCUT2D eigenvalue weighted by molar-refractivity contribution is 0.292. The fraction of sp³-hybridized carbons (Fsp3) is 0.800. The van der Waals surface area contributed by atoms with Crippen LogP contribution in [-0.4, -0.2) is 15.6 Å². The molecule has 3 atom stereocenters. The molecule has 0 saturated heterocycles. The minimum atomic E-state index is 0.526. The fourth-order valence-corrected chi connectivity index (χ4v) is 3.82. The summed E-state index contributed by atoms with van der Waals surface area (Å²) in [6, 6.07) is 0.526. The molecule has 0 radical (unpaired) electrons. The highest BCUT2D eigenvalue weighted by molar-refractivity contribution is 4.96. The summed E-state index contributed by atoms with van der Waals surface area (Å²) >= 11 is 0. The molecule has 2 fully saturated rings. The van der Waals surface area contributed by atoms with Crippen molar-refractivity contribution >= 4 is 0 Å². The van der Waals surface area contributed by atoms with Crippen LogP contribution in [0.3, 0.4) is 0 Å². The minimum Gasteiger partial charge on any atom is -0.334 e. The van der Waals surface area contributed by atoms with Gasteiger partial charge in [-0.2, -0.15) is 0 Å². The molecular formula is C15H25N3. The van der Waals surface area contributed by atoms with Gasteiger partial charge < -0.3 is 9.88 Å². The zero-order valence-electron chi connectivity index (χ0n) is 11.6. The van der Waals surface area contributed by atoms with Gasteiger partial charge in [0, 0.05) is 25.0 Å². The maximum Gasteiger partial charge on any atom is 0.122 e. The highest BCUT2D eigenvalue weighted by Gasteiger charge is 2.39. The van der Waals surface area contributed by atoms with E-state index in [1.54, 1.807) is 0 Å². The second-order valence-corrected chi connectivity index (χ2v) is 6.47. The molecule has 0 aromatic carbocycles. The predicted molar refractivity (Wildman–Crippen MR) is 73.1 cm³/mol. The van der Waals surface area contributed by atoms with Crippen molar-refractivity contribution in [2.45, 2.75) is 58.7 Å². The zero-order chi connectivity index (χ0) is 12.5. The summed E-state index contributed by atoms with van der Waals surface area (Å²) in [7, 11) is 0. The molecule has 18 heavy (non-hydrogen) atoms. The van der Waals surface area contributed by atoms with Gasteiger partial charge in [0.05, 0.1) is 6.54 Å². The summed E-state index contributed by atoms with van der Waals surface area (Å²) < 4.78 is 2.38. The lowest BCUT2D eigenvalue weighted by Crippen LogP contribution is -2.25. The first kappa shape index (κ1) is 12.2. The van der Waals surface area contributed by atoms with Gasteiger partial charge in [-0.25, -0.2) is 4.98 Å². The Morgan fingerprint density at radius 1 is 1.39 bits per heavy atom. The first-order chi connectivity index (χ1) is 8.72. The van der Waals surface area contributed by atoms with Crippen molar-refractivity contribution < 1.29 is 0 Å². The molecule has 1 N–H and O–H groups in total. The molecule has 1 aromatic heterocycles. The monoisotopic (exact) mass is 247 g/mol. The Bertz CT molecular complexity index is 396. The van der Waals surface area contributed by atoms with E-state index < -0.39 is 0 Å². The van der Waals surface area contributed by atoms with E-state index in [-0.39, 0.29) is 0 Å². The number of rotatable bonds is 5. The van der Waals surface area contributed by atoms with Crippen molar-refractivity contribution in [3.63, 3.8) is 0 Å². The van der Waals surface area contributed by atoms with Crippen LogP contribution in [0.1, 0.15) is 45.4 Å². The molecule has 0 aliphatic heterocycles. The molecule has 3 rings (SSSR count). The van der Waals surface area contributed by atoms with Crippen LogP contribution in [0.15, 0.2) is 12.4 Å². The highest BCUT2D eigenvalue weighted by Crippen LogP contribution is 2.48. The second kappa shape index (κ2) is 5.04. The maximum absolute atomic E-state index is 4.49. The van der Waals surface area contributed by atoms with E-state index in [2.05, 4.69) is 34.9 Å². The van der Waals surface area contributed by atoms with Crippen molar-refractivity contribution in [3.05, 3.63) is 18.2 Å². The van der Waals surface area contributed by atoms with E-state index in [0.717, 1.165) is 24.3 Å². The van der Waals surface area contributed by atoms with E-state index in [9.17, 15) is 0 Å². The quantitative estimate of drug-likeness (QED) is 0.867. The maximum atomic E-state index is 4.49. The lowest BCUT2D eigenvalue weighted by atomic mass is 9.89. The Morgan fingerprint density at radius 3 is 2.94 bits per heavy atom. The molecule has 2 saturated carbocycles. The molecule has 2 bridgehead atoms. The molecule has 0 amide bonds. The zero-order valence-corrected chi connectivity index (χ0v) is 11.6.